The Morgan fingerprint density at radius 2 is 1.67 bits per heavy atom. The maximum absolute atomic E-state index is 12.1. The van der Waals surface area contributed by atoms with Crippen molar-refractivity contribution in [1.29, 1.82) is 0 Å². The molecular weight excluding hydrogens is 298 g/mol. The molecule has 0 spiro atoms. The third-order valence-electron chi connectivity index (χ3n) is 4.13. The lowest BCUT2D eigenvalue weighted by atomic mass is 10.1. The van der Waals surface area contributed by atoms with Gasteiger partial charge < -0.3 is 11.1 Å². The lowest BCUT2D eigenvalue weighted by Gasteiger charge is -2.18. The number of hydrogen-bond acceptors (Lipinski definition) is 3. The van der Waals surface area contributed by atoms with Crippen molar-refractivity contribution in [3.05, 3.63) is 65.2 Å². The van der Waals surface area contributed by atoms with Gasteiger partial charge in [0.2, 0.25) is 5.91 Å². The highest BCUT2D eigenvalue weighted by molar-refractivity contribution is 5.78. The summed E-state index contributed by atoms with van der Waals surface area (Å²) in [4.78, 5) is 14.4. The van der Waals surface area contributed by atoms with E-state index in [1.165, 1.54) is 5.56 Å². The molecule has 1 amide bonds. The van der Waals surface area contributed by atoms with Crippen LogP contribution in [0.15, 0.2) is 48.5 Å². The van der Waals surface area contributed by atoms with Crippen molar-refractivity contribution < 1.29 is 4.79 Å². The quantitative estimate of drug-likeness (QED) is 0.734. The Balaban J connectivity index is 1.87. The van der Waals surface area contributed by atoms with E-state index in [-0.39, 0.29) is 5.91 Å². The second kappa shape index (κ2) is 9.08. The van der Waals surface area contributed by atoms with Gasteiger partial charge in [-0.2, -0.15) is 0 Å². The topological polar surface area (TPSA) is 58.4 Å². The van der Waals surface area contributed by atoms with E-state index in [9.17, 15) is 4.79 Å². The first-order valence-corrected chi connectivity index (χ1v) is 8.52. The Hall–Kier alpha value is -2.33. The molecule has 0 radical (unpaired) electrons. The van der Waals surface area contributed by atoms with E-state index in [4.69, 9.17) is 5.73 Å². The molecule has 4 nitrogen and oxygen atoms in total. The van der Waals surface area contributed by atoms with Gasteiger partial charge in [-0.1, -0.05) is 50.2 Å². The SMILES string of the molecule is CCN(CC)Cc1cccc(CNC(=O)Cc2ccc(N)cc2)c1. The first-order valence-electron chi connectivity index (χ1n) is 8.52. The van der Waals surface area contributed by atoms with E-state index >= 15 is 0 Å². The highest BCUT2D eigenvalue weighted by atomic mass is 16.1. The number of carbonyl (C=O) groups is 1. The number of nitrogens with zero attached hydrogens (tertiary/aromatic N) is 1. The molecule has 3 N–H and O–H groups in total. The molecular formula is C20H27N3O. The summed E-state index contributed by atoms with van der Waals surface area (Å²) in [6, 6.07) is 15.8. The minimum Gasteiger partial charge on any atom is -0.399 e. The minimum atomic E-state index is 0.0221. The van der Waals surface area contributed by atoms with E-state index in [2.05, 4.69) is 48.3 Å². The monoisotopic (exact) mass is 325 g/mol. The van der Waals surface area contributed by atoms with Gasteiger partial charge in [-0.25, -0.2) is 0 Å². The molecule has 0 atom stereocenters. The fourth-order valence-electron chi connectivity index (χ4n) is 2.63. The van der Waals surface area contributed by atoms with Crippen molar-refractivity contribution in [3.8, 4) is 0 Å². The number of nitrogens with two attached hydrogens (primary N) is 1. The number of benzene rings is 2. The van der Waals surface area contributed by atoms with E-state index < -0.39 is 0 Å². The fraction of sp³-hybridized carbons (Fsp3) is 0.350. The summed E-state index contributed by atoms with van der Waals surface area (Å²) in [6.45, 7) is 7.92. The molecule has 2 aromatic carbocycles. The molecule has 0 saturated heterocycles. The van der Waals surface area contributed by atoms with Gasteiger partial charge in [0, 0.05) is 18.8 Å². The van der Waals surface area contributed by atoms with Crippen molar-refractivity contribution in [2.75, 3.05) is 18.8 Å². The molecule has 0 saturated carbocycles. The second-order valence-corrected chi connectivity index (χ2v) is 5.98. The maximum atomic E-state index is 12.1. The number of hydrogen-bond donors (Lipinski definition) is 2. The average Bonchev–Trinajstić information content (AvgIpc) is 2.60. The zero-order valence-electron chi connectivity index (χ0n) is 14.6. The van der Waals surface area contributed by atoms with Crippen LogP contribution in [0.2, 0.25) is 0 Å². The van der Waals surface area contributed by atoms with Crippen LogP contribution in [0, 0.1) is 0 Å². The predicted molar refractivity (Wildman–Crippen MR) is 99.5 cm³/mol. The van der Waals surface area contributed by atoms with Crippen LogP contribution >= 0.6 is 0 Å². The van der Waals surface area contributed by atoms with Crippen LogP contribution in [0.25, 0.3) is 0 Å². The first-order chi connectivity index (χ1) is 11.6. The van der Waals surface area contributed by atoms with Crippen LogP contribution in [-0.4, -0.2) is 23.9 Å². The molecule has 0 bridgehead atoms. The van der Waals surface area contributed by atoms with Crippen molar-refractivity contribution >= 4 is 11.6 Å². The third kappa shape index (κ3) is 5.70. The summed E-state index contributed by atoms with van der Waals surface area (Å²) in [5.41, 5.74) is 9.75. The third-order valence-corrected chi connectivity index (χ3v) is 4.13. The molecule has 0 unspecified atom stereocenters. The summed E-state index contributed by atoms with van der Waals surface area (Å²) >= 11 is 0. The normalized spacial score (nSPS) is 10.8. The van der Waals surface area contributed by atoms with Crippen LogP contribution < -0.4 is 11.1 Å². The van der Waals surface area contributed by atoms with Crippen LogP contribution in [0.1, 0.15) is 30.5 Å². The van der Waals surface area contributed by atoms with Gasteiger partial charge in [0.05, 0.1) is 6.42 Å². The van der Waals surface area contributed by atoms with Crippen molar-refractivity contribution in [2.45, 2.75) is 33.4 Å². The molecule has 0 aliphatic heterocycles. The van der Waals surface area contributed by atoms with Gasteiger partial charge in [-0.3, -0.25) is 9.69 Å². The summed E-state index contributed by atoms with van der Waals surface area (Å²) in [7, 11) is 0. The lowest BCUT2D eigenvalue weighted by molar-refractivity contribution is -0.120. The number of anilines is 1. The zero-order chi connectivity index (χ0) is 17.4. The Labute approximate surface area is 144 Å². The lowest BCUT2D eigenvalue weighted by Crippen LogP contribution is -2.25. The number of amides is 1. The molecule has 0 aliphatic rings. The van der Waals surface area contributed by atoms with Gasteiger partial charge in [-0.15, -0.1) is 0 Å². The Kier molecular flexibility index (Phi) is 6.82. The number of rotatable bonds is 8. The molecule has 0 aliphatic carbocycles. The number of nitrogens with one attached hydrogen (secondary N) is 1. The average molecular weight is 325 g/mol. The maximum Gasteiger partial charge on any atom is 0.224 e. The Bertz CT molecular complexity index is 648. The summed E-state index contributed by atoms with van der Waals surface area (Å²) in [5.74, 6) is 0.0221. The standard InChI is InChI=1S/C20H27N3O/c1-3-23(4-2)15-18-7-5-6-17(12-18)14-22-20(24)13-16-8-10-19(21)11-9-16/h5-12H,3-4,13-15,21H2,1-2H3,(H,22,24). The molecule has 24 heavy (non-hydrogen) atoms. The van der Waals surface area contributed by atoms with Crippen molar-refractivity contribution in [1.82, 2.24) is 10.2 Å². The molecule has 0 heterocycles. The fourth-order valence-corrected chi connectivity index (χ4v) is 2.63. The van der Waals surface area contributed by atoms with Gasteiger partial charge >= 0.3 is 0 Å². The summed E-state index contributed by atoms with van der Waals surface area (Å²) < 4.78 is 0. The van der Waals surface area contributed by atoms with Crippen molar-refractivity contribution in [3.63, 3.8) is 0 Å². The molecule has 4 heteroatoms. The Morgan fingerprint density at radius 1 is 1.00 bits per heavy atom. The van der Waals surface area contributed by atoms with E-state index in [1.54, 1.807) is 0 Å². The van der Waals surface area contributed by atoms with Gasteiger partial charge in [-0.05, 0) is 41.9 Å². The Morgan fingerprint density at radius 3 is 2.33 bits per heavy atom. The first kappa shape index (κ1) is 18.0. The van der Waals surface area contributed by atoms with Gasteiger partial charge in [0.1, 0.15) is 0 Å². The smallest absolute Gasteiger partial charge is 0.224 e. The van der Waals surface area contributed by atoms with E-state index in [0.29, 0.717) is 18.7 Å². The summed E-state index contributed by atoms with van der Waals surface area (Å²) in [6.07, 6.45) is 0.374. The number of nitrogen functional groups attached to an aromatic ring is 1. The van der Waals surface area contributed by atoms with Crippen LogP contribution in [-0.2, 0) is 24.3 Å². The molecule has 0 fully saturated rings. The van der Waals surface area contributed by atoms with Gasteiger partial charge in [0.15, 0.2) is 0 Å². The molecule has 128 valence electrons. The van der Waals surface area contributed by atoms with E-state index in [0.717, 1.165) is 30.8 Å². The van der Waals surface area contributed by atoms with Gasteiger partial charge in [0.25, 0.3) is 0 Å². The molecule has 2 rings (SSSR count). The largest absolute Gasteiger partial charge is 0.399 e. The molecule has 0 aromatic heterocycles. The van der Waals surface area contributed by atoms with Crippen LogP contribution in [0.3, 0.4) is 0 Å². The highest BCUT2D eigenvalue weighted by Crippen LogP contribution is 2.09. The van der Waals surface area contributed by atoms with Crippen LogP contribution in [0.5, 0.6) is 0 Å². The summed E-state index contributed by atoms with van der Waals surface area (Å²) in [5, 5.41) is 2.99. The van der Waals surface area contributed by atoms with E-state index in [1.807, 2.05) is 24.3 Å². The van der Waals surface area contributed by atoms with Crippen molar-refractivity contribution in [2.24, 2.45) is 0 Å². The molecule has 2 aromatic rings. The minimum absolute atomic E-state index is 0.0221. The zero-order valence-corrected chi connectivity index (χ0v) is 14.6. The van der Waals surface area contributed by atoms with Crippen LogP contribution in [0.4, 0.5) is 5.69 Å². The predicted octanol–water partition coefficient (Wildman–Crippen LogP) is 2.97. The number of carbonyl (C=O) groups excluding carboxylic acids is 1. The highest BCUT2D eigenvalue weighted by Gasteiger charge is 2.05. The second-order valence-electron chi connectivity index (χ2n) is 5.98.